The van der Waals surface area contributed by atoms with Crippen LogP contribution in [-0.4, -0.2) is 28.5 Å². The quantitative estimate of drug-likeness (QED) is 0.771. The summed E-state index contributed by atoms with van der Waals surface area (Å²) in [5.74, 6) is 0.323. The van der Waals surface area contributed by atoms with Gasteiger partial charge < -0.3 is 14.7 Å². The van der Waals surface area contributed by atoms with E-state index >= 15 is 0 Å². The molecule has 1 fully saturated rings. The van der Waals surface area contributed by atoms with Gasteiger partial charge in [-0.05, 0) is 37.3 Å². The molecule has 0 saturated carbocycles. The highest BCUT2D eigenvalue weighted by Crippen LogP contribution is 2.26. The third kappa shape index (κ3) is 3.57. The minimum absolute atomic E-state index is 0.0450. The first-order chi connectivity index (χ1) is 13.1. The average molecular weight is 362 g/mol. The second-order valence-electron chi connectivity index (χ2n) is 6.46. The van der Waals surface area contributed by atoms with Gasteiger partial charge in [0.1, 0.15) is 0 Å². The lowest BCUT2D eigenvalue weighted by Crippen LogP contribution is -2.28. The molecule has 7 nitrogen and oxygen atoms in total. The Hall–Kier alpha value is -3.48. The van der Waals surface area contributed by atoms with Gasteiger partial charge in [-0.3, -0.25) is 9.59 Å². The van der Waals surface area contributed by atoms with E-state index in [1.54, 1.807) is 30.0 Å². The summed E-state index contributed by atoms with van der Waals surface area (Å²) in [7, 11) is 0. The van der Waals surface area contributed by atoms with Gasteiger partial charge in [0, 0.05) is 29.9 Å². The third-order valence-electron chi connectivity index (χ3n) is 4.47. The summed E-state index contributed by atoms with van der Waals surface area (Å²) in [6.07, 6.45) is 0.198. The number of hydrogen-bond donors (Lipinski definition) is 1. The van der Waals surface area contributed by atoms with Gasteiger partial charge in [0.2, 0.25) is 11.8 Å². The Labute approximate surface area is 156 Å². The van der Waals surface area contributed by atoms with Crippen LogP contribution in [0.25, 0.3) is 11.5 Å². The minimum Gasteiger partial charge on any atom is -0.334 e. The Kier molecular flexibility index (Phi) is 4.42. The number of nitrogens with one attached hydrogen (secondary N) is 1. The molecule has 2 heterocycles. The monoisotopic (exact) mass is 362 g/mol. The number of aryl methyl sites for hydroxylation is 1. The molecule has 2 aromatic carbocycles. The number of amides is 2. The molecule has 4 rings (SSSR count). The number of hydrogen-bond acceptors (Lipinski definition) is 5. The van der Waals surface area contributed by atoms with Gasteiger partial charge in [0.05, 0.1) is 5.92 Å². The number of nitrogens with zero attached hydrogens (tertiary/aromatic N) is 3. The Morgan fingerprint density at radius 1 is 1.19 bits per heavy atom. The van der Waals surface area contributed by atoms with Gasteiger partial charge in [0.25, 0.3) is 5.89 Å². The fourth-order valence-electron chi connectivity index (χ4n) is 3.13. The van der Waals surface area contributed by atoms with E-state index in [1.807, 2.05) is 36.4 Å². The summed E-state index contributed by atoms with van der Waals surface area (Å²) >= 11 is 0. The first-order valence-corrected chi connectivity index (χ1v) is 8.67. The van der Waals surface area contributed by atoms with Crippen molar-refractivity contribution in [3.8, 4) is 11.5 Å². The molecule has 136 valence electrons. The molecule has 3 aromatic rings. The number of para-hydroxylation sites is 1. The zero-order valence-electron chi connectivity index (χ0n) is 14.8. The number of rotatable bonds is 4. The molecule has 7 heteroatoms. The van der Waals surface area contributed by atoms with Gasteiger partial charge in [-0.25, -0.2) is 0 Å². The highest BCUT2D eigenvalue weighted by atomic mass is 16.5. The van der Waals surface area contributed by atoms with Crippen LogP contribution in [0, 0.1) is 12.8 Å². The SMILES string of the molecule is Cc1noc(-c2cccc(NC(=O)[C@@H]3CC(=O)N(c4ccccc4)C3)c2)n1. The lowest BCUT2D eigenvalue weighted by molar-refractivity contribution is -0.122. The smallest absolute Gasteiger partial charge is 0.257 e. The van der Waals surface area contributed by atoms with Gasteiger partial charge in [-0.1, -0.05) is 29.4 Å². The highest BCUT2D eigenvalue weighted by molar-refractivity contribution is 6.03. The molecular weight excluding hydrogens is 344 g/mol. The summed E-state index contributed by atoms with van der Waals surface area (Å²) in [4.78, 5) is 30.8. The van der Waals surface area contributed by atoms with Crippen molar-refractivity contribution < 1.29 is 14.1 Å². The summed E-state index contributed by atoms with van der Waals surface area (Å²) in [5, 5.41) is 6.66. The van der Waals surface area contributed by atoms with E-state index in [2.05, 4.69) is 15.5 Å². The van der Waals surface area contributed by atoms with E-state index in [0.29, 0.717) is 23.9 Å². The predicted molar refractivity (Wildman–Crippen MR) is 100 cm³/mol. The Morgan fingerprint density at radius 2 is 2.00 bits per heavy atom. The number of carbonyl (C=O) groups is 2. The van der Waals surface area contributed by atoms with E-state index in [1.165, 1.54) is 0 Å². The van der Waals surface area contributed by atoms with Crippen molar-refractivity contribution in [1.29, 1.82) is 0 Å². The third-order valence-corrected chi connectivity index (χ3v) is 4.47. The van der Waals surface area contributed by atoms with Crippen LogP contribution in [0.1, 0.15) is 12.2 Å². The van der Waals surface area contributed by atoms with Crippen LogP contribution >= 0.6 is 0 Å². The Morgan fingerprint density at radius 3 is 2.74 bits per heavy atom. The van der Waals surface area contributed by atoms with Crippen molar-refractivity contribution in [2.24, 2.45) is 5.92 Å². The Bertz CT molecular complexity index is 984. The molecule has 0 spiro atoms. The topological polar surface area (TPSA) is 88.3 Å². The molecule has 1 atom stereocenters. The van der Waals surface area contributed by atoms with E-state index in [9.17, 15) is 9.59 Å². The van der Waals surface area contributed by atoms with Crippen molar-refractivity contribution in [3.05, 3.63) is 60.4 Å². The van der Waals surface area contributed by atoms with Crippen molar-refractivity contribution in [3.63, 3.8) is 0 Å². The molecule has 1 N–H and O–H groups in total. The lowest BCUT2D eigenvalue weighted by atomic mass is 10.1. The van der Waals surface area contributed by atoms with Crippen molar-refractivity contribution in [2.75, 3.05) is 16.8 Å². The van der Waals surface area contributed by atoms with E-state index in [4.69, 9.17) is 4.52 Å². The number of anilines is 2. The van der Waals surface area contributed by atoms with E-state index in [-0.39, 0.29) is 18.2 Å². The second kappa shape index (κ2) is 7.03. The fraction of sp³-hybridized carbons (Fsp3) is 0.200. The average Bonchev–Trinajstić information content (AvgIpc) is 3.29. The number of carbonyl (C=O) groups excluding carboxylic acids is 2. The lowest BCUT2D eigenvalue weighted by Gasteiger charge is -2.16. The molecule has 1 saturated heterocycles. The zero-order chi connectivity index (χ0) is 18.8. The van der Waals surface area contributed by atoms with Crippen molar-refractivity contribution >= 4 is 23.2 Å². The van der Waals surface area contributed by atoms with E-state index < -0.39 is 5.92 Å². The zero-order valence-corrected chi connectivity index (χ0v) is 14.8. The van der Waals surface area contributed by atoms with Crippen LogP contribution in [0.4, 0.5) is 11.4 Å². The molecule has 27 heavy (non-hydrogen) atoms. The Balaban J connectivity index is 1.46. The predicted octanol–water partition coefficient (Wildman–Crippen LogP) is 3.04. The van der Waals surface area contributed by atoms with Crippen LogP contribution in [0.5, 0.6) is 0 Å². The molecular formula is C20H18N4O3. The molecule has 1 aliphatic rings. The molecule has 0 aliphatic carbocycles. The standard InChI is InChI=1S/C20H18N4O3/c1-13-21-20(27-23-13)14-6-5-7-16(10-14)22-19(26)15-11-18(25)24(12-15)17-8-3-2-4-9-17/h2-10,15H,11-12H2,1H3,(H,22,26)/t15-/m1/s1. The maximum absolute atomic E-state index is 12.6. The van der Waals surface area contributed by atoms with Gasteiger partial charge in [-0.2, -0.15) is 4.98 Å². The van der Waals surface area contributed by atoms with Crippen LogP contribution in [0.2, 0.25) is 0 Å². The highest BCUT2D eigenvalue weighted by Gasteiger charge is 2.35. The maximum Gasteiger partial charge on any atom is 0.257 e. The number of aromatic nitrogens is 2. The molecule has 1 aliphatic heterocycles. The second-order valence-corrected chi connectivity index (χ2v) is 6.46. The summed E-state index contributed by atoms with van der Waals surface area (Å²) in [6.45, 7) is 2.12. The summed E-state index contributed by atoms with van der Waals surface area (Å²) < 4.78 is 5.16. The molecule has 0 unspecified atom stereocenters. The van der Waals surface area contributed by atoms with E-state index in [0.717, 1.165) is 11.3 Å². The van der Waals surface area contributed by atoms with Crippen LogP contribution < -0.4 is 10.2 Å². The molecule has 0 bridgehead atoms. The summed E-state index contributed by atoms with van der Waals surface area (Å²) in [5.41, 5.74) is 2.16. The first-order valence-electron chi connectivity index (χ1n) is 8.67. The maximum atomic E-state index is 12.6. The van der Waals surface area contributed by atoms with Gasteiger partial charge in [-0.15, -0.1) is 0 Å². The van der Waals surface area contributed by atoms with Gasteiger partial charge >= 0.3 is 0 Å². The van der Waals surface area contributed by atoms with Crippen LogP contribution in [0.15, 0.2) is 59.1 Å². The molecule has 0 radical (unpaired) electrons. The first kappa shape index (κ1) is 17.0. The normalized spacial score (nSPS) is 16.6. The minimum atomic E-state index is -0.396. The van der Waals surface area contributed by atoms with Gasteiger partial charge in [0.15, 0.2) is 5.82 Å². The van der Waals surface area contributed by atoms with Crippen LogP contribution in [0.3, 0.4) is 0 Å². The van der Waals surface area contributed by atoms with Crippen molar-refractivity contribution in [2.45, 2.75) is 13.3 Å². The molecule has 2 amide bonds. The summed E-state index contributed by atoms with van der Waals surface area (Å²) in [6, 6.07) is 16.6. The molecule has 1 aromatic heterocycles. The number of benzene rings is 2. The van der Waals surface area contributed by atoms with Crippen molar-refractivity contribution in [1.82, 2.24) is 10.1 Å². The fourth-order valence-corrected chi connectivity index (χ4v) is 3.13. The van der Waals surface area contributed by atoms with Crippen LogP contribution in [-0.2, 0) is 9.59 Å². The largest absolute Gasteiger partial charge is 0.334 e.